The van der Waals surface area contributed by atoms with Gasteiger partial charge in [0.1, 0.15) is 11.5 Å². The van der Waals surface area contributed by atoms with Crippen molar-refractivity contribution in [1.29, 1.82) is 0 Å². The fourth-order valence-corrected chi connectivity index (χ4v) is 3.45. The number of aromatic amines is 1. The van der Waals surface area contributed by atoms with E-state index in [2.05, 4.69) is 15.3 Å². The van der Waals surface area contributed by atoms with Gasteiger partial charge in [-0.25, -0.2) is 4.98 Å². The Hall–Kier alpha value is -3.00. The lowest BCUT2D eigenvalue weighted by Crippen LogP contribution is -2.28. The van der Waals surface area contributed by atoms with Crippen LogP contribution < -0.4 is 15.6 Å². The summed E-state index contributed by atoms with van der Waals surface area (Å²) in [7, 11) is 1.62. The van der Waals surface area contributed by atoms with Crippen molar-refractivity contribution in [2.24, 2.45) is 0 Å². The second-order valence-electron chi connectivity index (χ2n) is 6.11. The fourth-order valence-electron chi connectivity index (χ4n) is 2.60. The van der Waals surface area contributed by atoms with Crippen LogP contribution in [0.15, 0.2) is 57.0 Å². The molecule has 3 rings (SSSR count). The van der Waals surface area contributed by atoms with Gasteiger partial charge >= 0.3 is 0 Å². The number of rotatable bonds is 8. The summed E-state index contributed by atoms with van der Waals surface area (Å²) < 4.78 is 10.4. The number of nitrogens with one attached hydrogen (secondary N) is 2. The summed E-state index contributed by atoms with van der Waals surface area (Å²) in [6.45, 7) is 2.02. The Morgan fingerprint density at radius 3 is 2.89 bits per heavy atom. The average molecular weight is 399 g/mol. The Balaban J connectivity index is 1.61. The lowest BCUT2D eigenvalue weighted by molar-refractivity contribution is -0.120. The lowest BCUT2D eigenvalue weighted by Gasteiger charge is -2.08. The van der Waals surface area contributed by atoms with Crippen LogP contribution in [0.25, 0.3) is 0 Å². The molecule has 1 aromatic carbocycles. The molecule has 8 heteroatoms. The molecule has 3 aromatic rings. The molecule has 1 amide bonds. The highest BCUT2D eigenvalue weighted by Gasteiger charge is 2.13. The van der Waals surface area contributed by atoms with Gasteiger partial charge in [-0.1, -0.05) is 23.9 Å². The number of methoxy groups -OCH3 is 1. The standard InChI is InChI=1S/C20H21N3O4S/c1-13-17(10-18(24)21-11-16-7-4-8-27-16)19(25)23-20(22-13)28-12-14-5-3-6-15(9-14)26-2/h3-9H,10-12H2,1-2H3,(H,21,24)(H,22,23,25). The molecule has 0 aliphatic carbocycles. The highest BCUT2D eigenvalue weighted by molar-refractivity contribution is 7.98. The molecule has 0 saturated carbocycles. The number of ether oxygens (including phenoxy) is 1. The second kappa shape index (κ2) is 9.27. The van der Waals surface area contributed by atoms with Gasteiger partial charge in [-0.3, -0.25) is 9.59 Å². The van der Waals surface area contributed by atoms with Gasteiger partial charge in [-0.15, -0.1) is 0 Å². The van der Waals surface area contributed by atoms with Crippen molar-refractivity contribution in [2.45, 2.75) is 30.8 Å². The predicted octanol–water partition coefficient (Wildman–Crippen LogP) is 2.83. The number of aryl methyl sites for hydroxylation is 1. The molecule has 7 nitrogen and oxygen atoms in total. The van der Waals surface area contributed by atoms with Gasteiger partial charge in [-0.05, 0) is 36.8 Å². The van der Waals surface area contributed by atoms with E-state index >= 15 is 0 Å². The van der Waals surface area contributed by atoms with Crippen molar-refractivity contribution >= 4 is 17.7 Å². The normalized spacial score (nSPS) is 10.6. The Morgan fingerprint density at radius 1 is 1.32 bits per heavy atom. The molecule has 0 spiro atoms. The van der Waals surface area contributed by atoms with E-state index in [0.717, 1.165) is 11.3 Å². The third kappa shape index (κ3) is 5.26. The third-order valence-corrected chi connectivity index (χ3v) is 5.03. The maximum Gasteiger partial charge on any atom is 0.255 e. The summed E-state index contributed by atoms with van der Waals surface area (Å²) in [6, 6.07) is 11.2. The fraction of sp³-hybridized carbons (Fsp3) is 0.250. The van der Waals surface area contributed by atoms with E-state index in [1.807, 2.05) is 24.3 Å². The third-order valence-electron chi connectivity index (χ3n) is 4.09. The highest BCUT2D eigenvalue weighted by Crippen LogP contribution is 2.21. The molecule has 28 heavy (non-hydrogen) atoms. The molecule has 0 fully saturated rings. The summed E-state index contributed by atoms with van der Waals surface area (Å²) in [5.74, 6) is 1.82. The van der Waals surface area contributed by atoms with Gasteiger partial charge in [-0.2, -0.15) is 0 Å². The molecule has 146 valence electrons. The highest BCUT2D eigenvalue weighted by atomic mass is 32.2. The Labute approximate surface area is 166 Å². The van der Waals surface area contributed by atoms with Gasteiger partial charge in [0.25, 0.3) is 5.56 Å². The number of H-pyrrole nitrogens is 1. The van der Waals surface area contributed by atoms with Crippen LogP contribution in [0.2, 0.25) is 0 Å². The Morgan fingerprint density at radius 2 is 2.18 bits per heavy atom. The number of hydrogen-bond acceptors (Lipinski definition) is 6. The minimum Gasteiger partial charge on any atom is -0.497 e. The zero-order chi connectivity index (χ0) is 19.9. The minimum absolute atomic E-state index is 0.0320. The summed E-state index contributed by atoms with van der Waals surface area (Å²) >= 11 is 1.42. The summed E-state index contributed by atoms with van der Waals surface area (Å²) in [6.07, 6.45) is 1.51. The molecule has 0 saturated heterocycles. The Bertz CT molecular complexity index is 999. The second-order valence-corrected chi connectivity index (χ2v) is 7.07. The van der Waals surface area contributed by atoms with Crippen molar-refractivity contribution in [2.75, 3.05) is 7.11 Å². The van der Waals surface area contributed by atoms with E-state index in [1.165, 1.54) is 11.8 Å². The molecule has 2 N–H and O–H groups in total. The van der Waals surface area contributed by atoms with Gasteiger partial charge in [0, 0.05) is 17.0 Å². The lowest BCUT2D eigenvalue weighted by atomic mass is 10.1. The number of nitrogens with zero attached hydrogens (tertiary/aromatic N) is 1. The summed E-state index contributed by atoms with van der Waals surface area (Å²) in [5, 5.41) is 3.25. The van der Waals surface area contributed by atoms with Crippen LogP contribution in [0, 0.1) is 6.92 Å². The van der Waals surface area contributed by atoms with Crippen molar-refractivity contribution in [3.63, 3.8) is 0 Å². The molecular formula is C20H21N3O4S. The van der Waals surface area contributed by atoms with Crippen molar-refractivity contribution in [1.82, 2.24) is 15.3 Å². The van der Waals surface area contributed by atoms with E-state index in [4.69, 9.17) is 9.15 Å². The number of thioether (sulfide) groups is 1. The van der Waals surface area contributed by atoms with Gasteiger partial charge < -0.3 is 19.5 Å². The topological polar surface area (TPSA) is 97.2 Å². The maximum atomic E-state index is 12.4. The van der Waals surface area contributed by atoms with Crippen molar-refractivity contribution < 1.29 is 13.9 Å². The SMILES string of the molecule is COc1cccc(CSc2nc(C)c(CC(=O)NCc3ccco3)c(=O)[nH]2)c1. The van der Waals surface area contributed by atoms with Gasteiger partial charge in [0.15, 0.2) is 5.16 Å². The van der Waals surface area contributed by atoms with Crippen LogP contribution in [0.5, 0.6) is 5.75 Å². The monoisotopic (exact) mass is 399 g/mol. The first kappa shape index (κ1) is 19.8. The number of furan rings is 1. The molecule has 2 aromatic heterocycles. The first-order valence-corrected chi connectivity index (χ1v) is 9.68. The van der Waals surface area contributed by atoms with Crippen molar-refractivity contribution in [3.8, 4) is 5.75 Å². The van der Waals surface area contributed by atoms with Crippen LogP contribution in [0.3, 0.4) is 0 Å². The van der Waals surface area contributed by atoms with Crippen LogP contribution in [0.4, 0.5) is 0 Å². The van der Waals surface area contributed by atoms with E-state index in [9.17, 15) is 9.59 Å². The first-order chi connectivity index (χ1) is 13.5. The molecule has 0 aliphatic rings. The van der Waals surface area contributed by atoms with Crippen LogP contribution in [-0.4, -0.2) is 23.0 Å². The number of hydrogen-bond donors (Lipinski definition) is 2. The number of benzene rings is 1. The molecule has 0 bridgehead atoms. The quantitative estimate of drug-likeness (QED) is 0.447. The van der Waals surface area contributed by atoms with Crippen LogP contribution in [-0.2, 0) is 23.5 Å². The zero-order valence-electron chi connectivity index (χ0n) is 15.7. The zero-order valence-corrected chi connectivity index (χ0v) is 16.5. The van der Waals surface area contributed by atoms with E-state index in [1.54, 1.807) is 32.4 Å². The smallest absolute Gasteiger partial charge is 0.255 e. The first-order valence-electron chi connectivity index (χ1n) is 8.69. The molecule has 0 unspecified atom stereocenters. The summed E-state index contributed by atoms with van der Waals surface area (Å²) in [5.41, 5.74) is 1.67. The van der Waals surface area contributed by atoms with Crippen LogP contribution >= 0.6 is 11.8 Å². The average Bonchev–Trinajstić information content (AvgIpc) is 3.21. The molecule has 0 aliphatic heterocycles. The van der Waals surface area contributed by atoms with E-state index in [0.29, 0.717) is 27.9 Å². The Kier molecular flexibility index (Phi) is 6.54. The molecule has 0 atom stereocenters. The van der Waals surface area contributed by atoms with Gasteiger partial charge in [0.2, 0.25) is 5.91 Å². The molecular weight excluding hydrogens is 378 g/mol. The van der Waals surface area contributed by atoms with E-state index in [-0.39, 0.29) is 24.4 Å². The van der Waals surface area contributed by atoms with Crippen LogP contribution in [0.1, 0.15) is 22.6 Å². The summed E-state index contributed by atoms with van der Waals surface area (Å²) in [4.78, 5) is 31.7. The maximum absolute atomic E-state index is 12.4. The van der Waals surface area contributed by atoms with Gasteiger partial charge in [0.05, 0.1) is 26.3 Å². The largest absolute Gasteiger partial charge is 0.497 e. The van der Waals surface area contributed by atoms with E-state index < -0.39 is 0 Å². The number of aromatic nitrogens is 2. The predicted molar refractivity (Wildman–Crippen MR) is 106 cm³/mol. The molecule has 2 heterocycles. The van der Waals surface area contributed by atoms with Crippen molar-refractivity contribution in [3.05, 3.63) is 75.6 Å². The minimum atomic E-state index is -0.297. The number of carbonyl (C=O) groups is 1. The number of carbonyl (C=O) groups excluding carboxylic acids is 1. The molecule has 0 radical (unpaired) electrons. The number of amides is 1.